The second-order valence-electron chi connectivity index (χ2n) is 6.40. The van der Waals surface area contributed by atoms with Crippen molar-refractivity contribution in [2.75, 3.05) is 26.3 Å². The van der Waals surface area contributed by atoms with Crippen LogP contribution < -0.4 is 4.74 Å². The van der Waals surface area contributed by atoms with Crippen LogP contribution in [0.1, 0.15) is 21.5 Å². The monoisotopic (exact) mass is 379 g/mol. The van der Waals surface area contributed by atoms with Crippen LogP contribution in [0.2, 0.25) is 0 Å². The summed E-state index contributed by atoms with van der Waals surface area (Å²) in [5, 5.41) is 0. The zero-order chi connectivity index (χ0) is 19.4. The number of ether oxygens (including phenoxy) is 2. The Hall–Kier alpha value is -2.54. The molecule has 1 saturated heterocycles. The van der Waals surface area contributed by atoms with E-state index in [-0.39, 0.29) is 17.6 Å². The van der Waals surface area contributed by atoms with Gasteiger partial charge in [-0.05, 0) is 42.8 Å². The molecule has 3 rings (SSSR count). The van der Waals surface area contributed by atoms with Crippen molar-refractivity contribution >= 4 is 5.91 Å². The van der Waals surface area contributed by atoms with Gasteiger partial charge in [0.15, 0.2) is 0 Å². The molecule has 1 fully saturated rings. The standard InChI is InChI=1S/C20H20F3NO3/c1-14-4-2-3-5-18(14)27-13-17-12-24(10-11-26-17)19(25)15-6-8-16(9-7-15)20(21,22)23/h2-9,17H,10-13H2,1H3/t17-/m0/s1. The predicted molar refractivity (Wildman–Crippen MR) is 93.8 cm³/mol. The van der Waals surface area contributed by atoms with E-state index in [4.69, 9.17) is 9.47 Å². The zero-order valence-electron chi connectivity index (χ0n) is 14.8. The first kappa shape index (κ1) is 19.2. The van der Waals surface area contributed by atoms with E-state index < -0.39 is 11.7 Å². The molecule has 1 atom stereocenters. The molecule has 1 aliphatic rings. The minimum absolute atomic E-state index is 0.225. The van der Waals surface area contributed by atoms with Crippen molar-refractivity contribution in [3.8, 4) is 5.75 Å². The predicted octanol–water partition coefficient (Wildman–Crippen LogP) is 3.93. The number of para-hydroxylation sites is 1. The SMILES string of the molecule is Cc1ccccc1OC[C@@H]1CN(C(=O)c2ccc(C(F)(F)F)cc2)CCO1. The van der Waals surface area contributed by atoms with Gasteiger partial charge in [-0.2, -0.15) is 13.2 Å². The summed E-state index contributed by atoms with van der Waals surface area (Å²) in [5.74, 6) is 0.445. The average Bonchev–Trinajstić information content (AvgIpc) is 2.66. The first-order valence-electron chi connectivity index (χ1n) is 8.61. The maximum atomic E-state index is 12.7. The lowest BCUT2D eigenvalue weighted by Gasteiger charge is -2.33. The summed E-state index contributed by atoms with van der Waals surface area (Å²) in [6.07, 6.45) is -4.71. The summed E-state index contributed by atoms with van der Waals surface area (Å²) >= 11 is 0. The van der Waals surface area contributed by atoms with Crippen molar-refractivity contribution < 1.29 is 27.4 Å². The van der Waals surface area contributed by atoms with Gasteiger partial charge in [0.2, 0.25) is 0 Å². The molecule has 0 saturated carbocycles. The Labute approximate surface area is 155 Å². The normalized spacial score (nSPS) is 17.6. The topological polar surface area (TPSA) is 38.8 Å². The van der Waals surface area contributed by atoms with Gasteiger partial charge in [0.05, 0.1) is 18.7 Å². The highest BCUT2D eigenvalue weighted by atomic mass is 19.4. The Bertz CT molecular complexity index is 790. The minimum atomic E-state index is -4.42. The number of nitrogens with zero attached hydrogens (tertiary/aromatic N) is 1. The molecule has 1 amide bonds. The molecule has 0 radical (unpaired) electrons. The second kappa shape index (κ2) is 8.00. The van der Waals surface area contributed by atoms with Crippen molar-refractivity contribution in [3.05, 3.63) is 65.2 Å². The van der Waals surface area contributed by atoms with Gasteiger partial charge in [-0.1, -0.05) is 18.2 Å². The molecule has 0 unspecified atom stereocenters. The maximum Gasteiger partial charge on any atom is 0.416 e. The molecule has 0 aromatic heterocycles. The van der Waals surface area contributed by atoms with Crippen LogP contribution in [0.15, 0.2) is 48.5 Å². The zero-order valence-corrected chi connectivity index (χ0v) is 14.8. The number of aryl methyl sites for hydroxylation is 1. The maximum absolute atomic E-state index is 12.7. The molecule has 0 aliphatic carbocycles. The Morgan fingerprint density at radius 1 is 1.19 bits per heavy atom. The Kier molecular flexibility index (Phi) is 5.70. The minimum Gasteiger partial charge on any atom is -0.491 e. The van der Waals surface area contributed by atoms with Crippen LogP contribution in [-0.2, 0) is 10.9 Å². The lowest BCUT2D eigenvalue weighted by molar-refractivity contribution is -0.137. The Morgan fingerprint density at radius 2 is 1.89 bits per heavy atom. The van der Waals surface area contributed by atoms with Crippen molar-refractivity contribution in [2.45, 2.75) is 19.2 Å². The fourth-order valence-corrected chi connectivity index (χ4v) is 2.89. The summed E-state index contributed by atoms with van der Waals surface area (Å²) in [6, 6.07) is 11.9. The van der Waals surface area contributed by atoms with Gasteiger partial charge in [-0.25, -0.2) is 0 Å². The third-order valence-electron chi connectivity index (χ3n) is 4.40. The largest absolute Gasteiger partial charge is 0.491 e. The molecule has 2 aromatic carbocycles. The number of benzene rings is 2. The number of carbonyl (C=O) groups excluding carboxylic acids is 1. The van der Waals surface area contributed by atoms with E-state index in [1.54, 1.807) is 4.90 Å². The molecular weight excluding hydrogens is 359 g/mol. The van der Waals surface area contributed by atoms with Gasteiger partial charge in [0.25, 0.3) is 5.91 Å². The highest BCUT2D eigenvalue weighted by Gasteiger charge is 2.31. The molecule has 2 aromatic rings. The van der Waals surface area contributed by atoms with Gasteiger partial charge < -0.3 is 14.4 Å². The van der Waals surface area contributed by atoms with Crippen LogP contribution in [0.4, 0.5) is 13.2 Å². The number of hydrogen-bond acceptors (Lipinski definition) is 3. The smallest absolute Gasteiger partial charge is 0.416 e. The van der Waals surface area contributed by atoms with Crippen molar-refractivity contribution in [1.82, 2.24) is 4.90 Å². The van der Waals surface area contributed by atoms with E-state index in [0.717, 1.165) is 23.4 Å². The number of halogens is 3. The van der Waals surface area contributed by atoms with Crippen LogP contribution in [-0.4, -0.2) is 43.2 Å². The number of morpholine rings is 1. The molecule has 0 N–H and O–H groups in total. The Morgan fingerprint density at radius 3 is 2.56 bits per heavy atom. The Balaban J connectivity index is 1.60. The first-order valence-corrected chi connectivity index (χ1v) is 8.61. The van der Waals surface area contributed by atoms with Crippen LogP contribution in [0, 0.1) is 6.92 Å². The number of carbonyl (C=O) groups is 1. The molecule has 0 bridgehead atoms. The number of hydrogen-bond donors (Lipinski definition) is 0. The summed E-state index contributed by atoms with van der Waals surface area (Å²) < 4.78 is 49.4. The molecule has 7 heteroatoms. The van der Waals surface area contributed by atoms with E-state index in [1.807, 2.05) is 31.2 Å². The molecule has 144 valence electrons. The van der Waals surface area contributed by atoms with E-state index in [0.29, 0.717) is 26.3 Å². The second-order valence-corrected chi connectivity index (χ2v) is 6.40. The van der Waals surface area contributed by atoms with E-state index in [1.165, 1.54) is 12.1 Å². The van der Waals surface area contributed by atoms with E-state index >= 15 is 0 Å². The molecule has 1 heterocycles. The van der Waals surface area contributed by atoms with Crippen molar-refractivity contribution in [3.63, 3.8) is 0 Å². The fourth-order valence-electron chi connectivity index (χ4n) is 2.89. The quantitative estimate of drug-likeness (QED) is 0.808. The molecule has 1 aliphatic heterocycles. The van der Waals surface area contributed by atoms with Crippen LogP contribution >= 0.6 is 0 Å². The number of rotatable bonds is 4. The first-order chi connectivity index (χ1) is 12.8. The number of alkyl halides is 3. The lowest BCUT2D eigenvalue weighted by Crippen LogP contribution is -2.47. The third kappa shape index (κ3) is 4.80. The van der Waals surface area contributed by atoms with Crippen LogP contribution in [0.5, 0.6) is 5.75 Å². The highest BCUT2D eigenvalue weighted by molar-refractivity contribution is 5.94. The van der Waals surface area contributed by atoms with E-state index in [9.17, 15) is 18.0 Å². The molecular formula is C20H20F3NO3. The molecule has 4 nitrogen and oxygen atoms in total. The van der Waals surface area contributed by atoms with Gasteiger partial charge in [0, 0.05) is 12.1 Å². The average molecular weight is 379 g/mol. The van der Waals surface area contributed by atoms with E-state index in [2.05, 4.69) is 0 Å². The van der Waals surface area contributed by atoms with Crippen LogP contribution in [0.3, 0.4) is 0 Å². The highest BCUT2D eigenvalue weighted by Crippen LogP contribution is 2.29. The number of amides is 1. The summed E-state index contributed by atoms with van der Waals surface area (Å²) in [7, 11) is 0. The summed E-state index contributed by atoms with van der Waals surface area (Å²) in [5.41, 5.74) is 0.458. The van der Waals surface area contributed by atoms with Gasteiger partial charge in [0.1, 0.15) is 18.5 Å². The summed E-state index contributed by atoms with van der Waals surface area (Å²) in [4.78, 5) is 14.2. The summed E-state index contributed by atoms with van der Waals surface area (Å²) in [6.45, 7) is 3.31. The fraction of sp³-hybridized carbons (Fsp3) is 0.350. The van der Waals surface area contributed by atoms with Crippen molar-refractivity contribution in [1.29, 1.82) is 0 Å². The third-order valence-corrected chi connectivity index (χ3v) is 4.40. The van der Waals surface area contributed by atoms with Gasteiger partial charge in [-0.3, -0.25) is 4.79 Å². The van der Waals surface area contributed by atoms with Gasteiger partial charge >= 0.3 is 6.18 Å². The van der Waals surface area contributed by atoms with Crippen LogP contribution in [0.25, 0.3) is 0 Å². The lowest BCUT2D eigenvalue weighted by atomic mass is 10.1. The van der Waals surface area contributed by atoms with Gasteiger partial charge in [-0.15, -0.1) is 0 Å². The van der Waals surface area contributed by atoms with Crippen molar-refractivity contribution in [2.24, 2.45) is 0 Å². The molecule has 27 heavy (non-hydrogen) atoms. The molecule has 0 spiro atoms.